The van der Waals surface area contributed by atoms with Crippen LogP contribution in [0, 0.1) is 11.6 Å². The number of fused-ring (bicyclic) bond motifs is 1. The summed E-state index contributed by atoms with van der Waals surface area (Å²) in [5.41, 5.74) is 3.02. The first kappa shape index (κ1) is 25.5. The van der Waals surface area contributed by atoms with Crippen LogP contribution in [0.4, 0.5) is 20.2 Å². The standard InChI is InChI=1S/C29H31F2N3O2/c1-19(35)34-26-13-12-23(33-27(36)17-32-16-20-10-11-22(30)14-25(20)31)15-24(26)29(4,18-28(34,2)3)21-8-6-5-7-9-21/h5-15,32H,16-18H2,1-4H3,(H,33,36). The fourth-order valence-corrected chi connectivity index (χ4v) is 5.46. The molecule has 5 nitrogen and oxygen atoms in total. The largest absolute Gasteiger partial charge is 0.325 e. The quantitative estimate of drug-likeness (QED) is 0.476. The molecule has 1 atom stereocenters. The summed E-state index contributed by atoms with van der Waals surface area (Å²) in [7, 11) is 0. The number of carbonyl (C=O) groups excluding carboxylic acids is 2. The molecule has 0 aliphatic carbocycles. The van der Waals surface area contributed by atoms with Crippen LogP contribution in [0.2, 0.25) is 0 Å². The zero-order chi connectivity index (χ0) is 26.1. The number of halogens is 2. The van der Waals surface area contributed by atoms with Gasteiger partial charge in [0.05, 0.1) is 6.54 Å². The first-order chi connectivity index (χ1) is 17.0. The average molecular weight is 492 g/mol. The van der Waals surface area contributed by atoms with E-state index in [2.05, 4.69) is 43.5 Å². The lowest BCUT2D eigenvalue weighted by Gasteiger charge is -2.51. The van der Waals surface area contributed by atoms with Gasteiger partial charge in [0.2, 0.25) is 11.8 Å². The zero-order valence-electron chi connectivity index (χ0n) is 21.0. The predicted octanol–water partition coefficient (Wildman–Crippen LogP) is 5.53. The summed E-state index contributed by atoms with van der Waals surface area (Å²) in [6.07, 6.45) is 0.707. The maximum atomic E-state index is 13.8. The van der Waals surface area contributed by atoms with Gasteiger partial charge in [0.15, 0.2) is 0 Å². The molecule has 0 radical (unpaired) electrons. The number of nitrogens with zero attached hydrogens (tertiary/aromatic N) is 1. The van der Waals surface area contributed by atoms with Gasteiger partial charge in [-0.1, -0.05) is 43.3 Å². The third kappa shape index (κ3) is 5.02. The minimum Gasteiger partial charge on any atom is -0.325 e. The van der Waals surface area contributed by atoms with Gasteiger partial charge in [-0.15, -0.1) is 0 Å². The number of nitrogens with one attached hydrogen (secondary N) is 2. The Kier molecular flexibility index (Phi) is 6.96. The maximum Gasteiger partial charge on any atom is 0.238 e. The molecule has 4 rings (SSSR count). The lowest BCUT2D eigenvalue weighted by atomic mass is 9.65. The molecular weight excluding hydrogens is 460 g/mol. The molecule has 1 heterocycles. The number of hydrogen-bond acceptors (Lipinski definition) is 3. The van der Waals surface area contributed by atoms with Crippen LogP contribution in [0.3, 0.4) is 0 Å². The normalized spacial score (nSPS) is 18.4. The summed E-state index contributed by atoms with van der Waals surface area (Å²) in [4.78, 5) is 27.1. The Morgan fingerprint density at radius 3 is 2.36 bits per heavy atom. The highest BCUT2D eigenvalue weighted by molar-refractivity contribution is 5.97. The van der Waals surface area contributed by atoms with Crippen molar-refractivity contribution >= 4 is 23.2 Å². The molecule has 1 aliphatic rings. The highest BCUT2D eigenvalue weighted by Gasteiger charge is 2.47. The minimum atomic E-state index is -0.657. The van der Waals surface area contributed by atoms with E-state index in [4.69, 9.17) is 0 Å². The molecule has 3 aromatic carbocycles. The van der Waals surface area contributed by atoms with Crippen molar-refractivity contribution in [2.75, 3.05) is 16.8 Å². The minimum absolute atomic E-state index is 0.0367. The molecule has 2 amide bonds. The number of hydrogen-bond donors (Lipinski definition) is 2. The fourth-order valence-electron chi connectivity index (χ4n) is 5.46. The number of rotatable bonds is 6. The topological polar surface area (TPSA) is 61.4 Å². The highest BCUT2D eigenvalue weighted by Crippen LogP contribution is 2.51. The number of carbonyl (C=O) groups is 2. The molecule has 36 heavy (non-hydrogen) atoms. The van der Waals surface area contributed by atoms with Gasteiger partial charge in [-0.3, -0.25) is 9.59 Å². The first-order valence-corrected chi connectivity index (χ1v) is 12.0. The van der Waals surface area contributed by atoms with Crippen molar-refractivity contribution in [3.63, 3.8) is 0 Å². The number of amides is 2. The van der Waals surface area contributed by atoms with E-state index < -0.39 is 17.2 Å². The van der Waals surface area contributed by atoms with Gasteiger partial charge in [0.1, 0.15) is 11.6 Å². The van der Waals surface area contributed by atoms with Gasteiger partial charge in [-0.25, -0.2) is 8.78 Å². The predicted molar refractivity (Wildman–Crippen MR) is 138 cm³/mol. The monoisotopic (exact) mass is 491 g/mol. The lowest BCUT2D eigenvalue weighted by molar-refractivity contribution is -0.118. The van der Waals surface area contributed by atoms with Crippen LogP contribution in [0.15, 0.2) is 66.7 Å². The molecule has 2 N–H and O–H groups in total. The molecular formula is C29H31F2N3O2. The summed E-state index contributed by atoms with van der Waals surface area (Å²) in [6, 6.07) is 19.1. The zero-order valence-corrected chi connectivity index (χ0v) is 21.0. The molecule has 0 spiro atoms. The maximum absolute atomic E-state index is 13.8. The van der Waals surface area contributed by atoms with Crippen molar-refractivity contribution in [2.24, 2.45) is 0 Å². The van der Waals surface area contributed by atoms with Gasteiger partial charge in [-0.2, -0.15) is 0 Å². The Hall–Kier alpha value is -3.58. The van der Waals surface area contributed by atoms with Crippen molar-refractivity contribution in [1.82, 2.24) is 5.32 Å². The number of benzene rings is 3. The van der Waals surface area contributed by atoms with Crippen molar-refractivity contribution in [3.05, 3.63) is 95.1 Å². The smallest absolute Gasteiger partial charge is 0.238 e. The molecule has 0 bridgehead atoms. The van der Waals surface area contributed by atoms with Crippen LogP contribution in [-0.4, -0.2) is 23.9 Å². The average Bonchev–Trinajstić information content (AvgIpc) is 2.80. The Labute approximate surface area is 210 Å². The second kappa shape index (κ2) is 9.82. The van der Waals surface area contributed by atoms with E-state index in [1.54, 1.807) is 13.0 Å². The van der Waals surface area contributed by atoms with Gasteiger partial charge >= 0.3 is 0 Å². The van der Waals surface area contributed by atoms with E-state index in [1.807, 2.05) is 35.2 Å². The highest BCUT2D eigenvalue weighted by atomic mass is 19.1. The summed E-state index contributed by atoms with van der Waals surface area (Å²) < 4.78 is 26.9. The van der Waals surface area contributed by atoms with E-state index in [0.717, 1.165) is 22.9 Å². The fraction of sp³-hybridized carbons (Fsp3) is 0.310. The van der Waals surface area contributed by atoms with Crippen molar-refractivity contribution in [3.8, 4) is 0 Å². The molecule has 188 valence electrons. The lowest BCUT2D eigenvalue weighted by Crippen LogP contribution is -2.55. The molecule has 7 heteroatoms. The van der Waals surface area contributed by atoms with Gasteiger partial charge < -0.3 is 15.5 Å². The molecule has 0 fully saturated rings. The van der Waals surface area contributed by atoms with Crippen LogP contribution >= 0.6 is 0 Å². The third-order valence-electron chi connectivity index (χ3n) is 6.85. The van der Waals surface area contributed by atoms with Gasteiger partial charge in [0, 0.05) is 47.4 Å². The Morgan fingerprint density at radius 1 is 0.972 bits per heavy atom. The van der Waals surface area contributed by atoms with E-state index in [9.17, 15) is 18.4 Å². The van der Waals surface area contributed by atoms with E-state index in [0.29, 0.717) is 12.1 Å². The van der Waals surface area contributed by atoms with Crippen LogP contribution in [-0.2, 0) is 21.5 Å². The second-order valence-electron chi connectivity index (χ2n) is 10.2. The SMILES string of the molecule is CC(=O)N1c2ccc(NC(=O)CNCc3ccc(F)cc3F)cc2C(C)(c2ccccc2)CC1(C)C. The van der Waals surface area contributed by atoms with Crippen molar-refractivity contribution in [1.29, 1.82) is 0 Å². The molecule has 0 saturated carbocycles. The number of anilines is 2. The molecule has 0 aromatic heterocycles. The second-order valence-corrected chi connectivity index (χ2v) is 10.2. The van der Waals surface area contributed by atoms with Crippen molar-refractivity contribution < 1.29 is 18.4 Å². The molecule has 3 aromatic rings. The van der Waals surface area contributed by atoms with E-state index in [-0.39, 0.29) is 35.9 Å². The molecule has 0 saturated heterocycles. The van der Waals surface area contributed by atoms with Crippen LogP contribution in [0.5, 0.6) is 0 Å². The Bertz CT molecular complexity index is 1290. The van der Waals surface area contributed by atoms with Crippen LogP contribution in [0.1, 0.15) is 50.8 Å². The van der Waals surface area contributed by atoms with E-state index >= 15 is 0 Å². The Morgan fingerprint density at radius 2 is 1.69 bits per heavy atom. The summed E-state index contributed by atoms with van der Waals surface area (Å²) in [5, 5.41) is 5.79. The van der Waals surface area contributed by atoms with Crippen LogP contribution in [0.25, 0.3) is 0 Å². The third-order valence-corrected chi connectivity index (χ3v) is 6.85. The van der Waals surface area contributed by atoms with E-state index in [1.165, 1.54) is 12.1 Å². The molecule has 1 aliphatic heterocycles. The first-order valence-electron chi connectivity index (χ1n) is 12.0. The molecule has 1 unspecified atom stereocenters. The Balaban J connectivity index is 1.58. The summed E-state index contributed by atoms with van der Waals surface area (Å²) in [6.45, 7) is 7.94. The summed E-state index contributed by atoms with van der Waals surface area (Å²) >= 11 is 0. The van der Waals surface area contributed by atoms with Gasteiger partial charge in [-0.05, 0) is 55.7 Å². The summed E-state index contributed by atoms with van der Waals surface area (Å²) in [5.74, 6) is -1.63. The van der Waals surface area contributed by atoms with Crippen LogP contribution < -0.4 is 15.5 Å². The van der Waals surface area contributed by atoms with Gasteiger partial charge in [0.25, 0.3) is 0 Å². The van der Waals surface area contributed by atoms with Crippen molar-refractivity contribution in [2.45, 2.75) is 51.6 Å².